The molecule has 1 aromatic rings. The van der Waals surface area contributed by atoms with E-state index in [1.807, 2.05) is 11.3 Å². The highest BCUT2D eigenvalue weighted by molar-refractivity contribution is 7.09. The van der Waals surface area contributed by atoms with E-state index >= 15 is 0 Å². The minimum Gasteiger partial charge on any atom is -0.311 e. The third-order valence-electron chi connectivity index (χ3n) is 4.01. The summed E-state index contributed by atoms with van der Waals surface area (Å²) in [5.41, 5.74) is 1.39. The molecule has 1 N–H and O–H groups in total. The van der Waals surface area contributed by atoms with E-state index < -0.39 is 0 Å². The summed E-state index contributed by atoms with van der Waals surface area (Å²) in [4.78, 5) is 7.47. The van der Waals surface area contributed by atoms with Crippen molar-refractivity contribution in [1.82, 2.24) is 15.2 Å². The Morgan fingerprint density at radius 3 is 2.80 bits per heavy atom. The number of aromatic nitrogens is 1. The molecule has 0 amide bonds. The fourth-order valence-electron chi connectivity index (χ4n) is 2.74. The molecule has 4 heteroatoms. The molecule has 0 bridgehead atoms. The Balaban J connectivity index is 2.04. The first-order chi connectivity index (χ1) is 9.40. The van der Waals surface area contributed by atoms with E-state index in [4.69, 9.17) is 4.98 Å². The minimum absolute atomic E-state index is 0.161. The first-order valence-corrected chi connectivity index (χ1v) is 8.70. The maximum atomic E-state index is 4.85. The van der Waals surface area contributed by atoms with E-state index in [-0.39, 0.29) is 5.41 Å². The topological polar surface area (TPSA) is 28.2 Å². The van der Waals surface area contributed by atoms with Crippen molar-refractivity contribution in [3.8, 4) is 0 Å². The standard InChI is InChI=1S/C16H29N3S/c1-6-7-13-8-17-12(2)9-19(13)10-15-18-14(11-20-15)16(3,4)5/h11-13,17H,6-10H2,1-5H3. The number of thiazole rings is 1. The van der Waals surface area contributed by atoms with Crippen molar-refractivity contribution >= 4 is 11.3 Å². The highest BCUT2D eigenvalue weighted by Gasteiger charge is 2.26. The van der Waals surface area contributed by atoms with Gasteiger partial charge in [0.05, 0.1) is 12.2 Å². The summed E-state index contributed by atoms with van der Waals surface area (Å²) in [5.74, 6) is 0. The number of piperazine rings is 1. The number of rotatable bonds is 4. The molecule has 2 rings (SSSR count). The van der Waals surface area contributed by atoms with Gasteiger partial charge in [-0.1, -0.05) is 34.1 Å². The second-order valence-electron chi connectivity index (χ2n) is 7.06. The number of hydrogen-bond acceptors (Lipinski definition) is 4. The summed E-state index contributed by atoms with van der Waals surface area (Å²) >= 11 is 1.82. The van der Waals surface area contributed by atoms with Gasteiger partial charge < -0.3 is 5.32 Å². The molecule has 20 heavy (non-hydrogen) atoms. The van der Waals surface area contributed by atoms with E-state index in [2.05, 4.69) is 50.2 Å². The smallest absolute Gasteiger partial charge is 0.107 e. The first kappa shape index (κ1) is 15.9. The summed E-state index contributed by atoms with van der Waals surface area (Å²) in [6, 6.07) is 1.25. The van der Waals surface area contributed by atoms with Crippen LogP contribution >= 0.6 is 11.3 Å². The molecule has 2 unspecified atom stereocenters. The van der Waals surface area contributed by atoms with Crippen LogP contribution in [0.1, 0.15) is 58.2 Å². The molecule has 1 aliphatic rings. The summed E-state index contributed by atoms with van der Waals surface area (Å²) < 4.78 is 0. The van der Waals surface area contributed by atoms with Crippen LogP contribution in [0.2, 0.25) is 0 Å². The SMILES string of the molecule is CCCC1CNC(C)CN1Cc1nc(C(C)(C)C)cs1. The van der Waals surface area contributed by atoms with Crippen LogP contribution in [-0.4, -0.2) is 35.1 Å². The van der Waals surface area contributed by atoms with Crippen LogP contribution in [0.5, 0.6) is 0 Å². The van der Waals surface area contributed by atoms with Crippen LogP contribution in [0.4, 0.5) is 0 Å². The van der Waals surface area contributed by atoms with Crippen molar-refractivity contribution in [3.05, 3.63) is 16.1 Å². The third-order valence-corrected chi connectivity index (χ3v) is 4.84. The Morgan fingerprint density at radius 2 is 2.20 bits per heavy atom. The van der Waals surface area contributed by atoms with Crippen LogP contribution in [0.15, 0.2) is 5.38 Å². The summed E-state index contributed by atoms with van der Waals surface area (Å²) in [6.07, 6.45) is 2.53. The molecule has 0 radical (unpaired) electrons. The highest BCUT2D eigenvalue weighted by atomic mass is 32.1. The summed E-state index contributed by atoms with van der Waals surface area (Å²) in [7, 11) is 0. The van der Waals surface area contributed by atoms with Crippen LogP contribution < -0.4 is 5.32 Å². The van der Waals surface area contributed by atoms with Crippen molar-refractivity contribution < 1.29 is 0 Å². The Labute approximate surface area is 127 Å². The van der Waals surface area contributed by atoms with Gasteiger partial charge in [0.2, 0.25) is 0 Å². The maximum absolute atomic E-state index is 4.85. The second-order valence-corrected chi connectivity index (χ2v) is 8.00. The normalized spacial score (nSPS) is 25.1. The predicted octanol–water partition coefficient (Wildman–Crippen LogP) is 3.40. The Bertz CT molecular complexity index is 422. The molecule has 2 heterocycles. The third kappa shape index (κ3) is 4.03. The van der Waals surface area contributed by atoms with E-state index in [0.29, 0.717) is 12.1 Å². The zero-order valence-electron chi connectivity index (χ0n) is 13.6. The van der Waals surface area contributed by atoms with Crippen LogP contribution in [0.3, 0.4) is 0 Å². The molecule has 1 aromatic heterocycles. The van der Waals surface area contributed by atoms with Crippen molar-refractivity contribution in [1.29, 1.82) is 0 Å². The van der Waals surface area contributed by atoms with Gasteiger partial charge >= 0.3 is 0 Å². The van der Waals surface area contributed by atoms with Crippen LogP contribution in [-0.2, 0) is 12.0 Å². The second kappa shape index (κ2) is 6.54. The Morgan fingerprint density at radius 1 is 1.45 bits per heavy atom. The van der Waals surface area contributed by atoms with Gasteiger partial charge in [0.15, 0.2) is 0 Å². The zero-order valence-corrected chi connectivity index (χ0v) is 14.4. The van der Waals surface area contributed by atoms with Crippen molar-refractivity contribution in [2.24, 2.45) is 0 Å². The lowest BCUT2D eigenvalue weighted by Gasteiger charge is -2.39. The summed E-state index contributed by atoms with van der Waals surface area (Å²) in [6.45, 7) is 14.5. The molecular formula is C16H29N3S. The predicted molar refractivity (Wildman–Crippen MR) is 87.4 cm³/mol. The van der Waals surface area contributed by atoms with Crippen LogP contribution in [0.25, 0.3) is 0 Å². The fourth-order valence-corrected chi connectivity index (χ4v) is 3.79. The lowest BCUT2D eigenvalue weighted by atomic mass is 9.93. The molecule has 1 fully saturated rings. The molecule has 114 valence electrons. The average Bonchev–Trinajstić information content (AvgIpc) is 2.81. The molecule has 3 nitrogen and oxygen atoms in total. The molecule has 0 spiro atoms. The lowest BCUT2D eigenvalue weighted by molar-refractivity contribution is 0.120. The molecule has 2 atom stereocenters. The highest BCUT2D eigenvalue weighted by Crippen LogP contribution is 2.25. The average molecular weight is 295 g/mol. The fraction of sp³-hybridized carbons (Fsp3) is 0.812. The number of hydrogen-bond donors (Lipinski definition) is 1. The minimum atomic E-state index is 0.161. The van der Waals surface area contributed by atoms with Gasteiger partial charge in [-0.2, -0.15) is 0 Å². The van der Waals surface area contributed by atoms with Gasteiger partial charge in [0.1, 0.15) is 5.01 Å². The van der Waals surface area contributed by atoms with Gasteiger partial charge in [-0.3, -0.25) is 4.90 Å². The van der Waals surface area contributed by atoms with Crippen LogP contribution in [0, 0.1) is 0 Å². The first-order valence-electron chi connectivity index (χ1n) is 7.82. The van der Waals surface area contributed by atoms with E-state index in [1.165, 1.54) is 23.5 Å². The number of nitrogens with zero attached hydrogens (tertiary/aromatic N) is 2. The van der Waals surface area contributed by atoms with E-state index in [0.717, 1.165) is 19.6 Å². The van der Waals surface area contributed by atoms with Crippen molar-refractivity contribution in [2.45, 2.75) is 71.5 Å². The quantitative estimate of drug-likeness (QED) is 0.923. The molecular weight excluding hydrogens is 266 g/mol. The van der Waals surface area contributed by atoms with Gasteiger partial charge in [-0.05, 0) is 13.3 Å². The Kier molecular flexibility index (Phi) is 5.21. The zero-order chi connectivity index (χ0) is 14.8. The van der Waals surface area contributed by atoms with Gasteiger partial charge in [-0.25, -0.2) is 4.98 Å². The van der Waals surface area contributed by atoms with Gasteiger partial charge in [-0.15, -0.1) is 11.3 Å². The number of nitrogens with one attached hydrogen (secondary N) is 1. The van der Waals surface area contributed by atoms with Gasteiger partial charge in [0.25, 0.3) is 0 Å². The molecule has 1 saturated heterocycles. The van der Waals surface area contributed by atoms with E-state index in [9.17, 15) is 0 Å². The molecule has 0 aliphatic carbocycles. The Hall–Kier alpha value is -0.450. The molecule has 0 saturated carbocycles. The van der Waals surface area contributed by atoms with Gasteiger partial charge in [0, 0.05) is 36.0 Å². The summed E-state index contributed by atoms with van der Waals surface area (Å²) in [5, 5.41) is 7.10. The largest absolute Gasteiger partial charge is 0.311 e. The lowest BCUT2D eigenvalue weighted by Crippen LogP contribution is -2.54. The maximum Gasteiger partial charge on any atom is 0.107 e. The monoisotopic (exact) mass is 295 g/mol. The molecule has 0 aromatic carbocycles. The van der Waals surface area contributed by atoms with E-state index in [1.54, 1.807) is 0 Å². The van der Waals surface area contributed by atoms with Crippen molar-refractivity contribution in [3.63, 3.8) is 0 Å². The molecule has 1 aliphatic heterocycles. The van der Waals surface area contributed by atoms with Crippen molar-refractivity contribution in [2.75, 3.05) is 13.1 Å².